The number of benzene rings is 1. The fraction of sp³-hybridized carbons (Fsp3) is 0.421. The monoisotopic (exact) mass is 363 g/mol. The number of carbonyl (C=O) groups excluding carboxylic acids is 1. The standard InChI is InChI=1S/C19H25NO2S2/c1-13(2)12-17(18-6-5-11-23-18)20-19(21)14(3)24-16-9-7-15(22-4)8-10-16/h5-11,13-14,17H,12H2,1-4H3,(H,20,21). The van der Waals surface area contributed by atoms with E-state index in [0.717, 1.165) is 17.1 Å². The van der Waals surface area contributed by atoms with Gasteiger partial charge in [-0.3, -0.25) is 4.79 Å². The molecule has 130 valence electrons. The Bertz CT molecular complexity index is 623. The van der Waals surface area contributed by atoms with Gasteiger partial charge in [0.05, 0.1) is 18.4 Å². The smallest absolute Gasteiger partial charge is 0.233 e. The third-order valence-corrected chi connectivity index (χ3v) is 5.75. The van der Waals surface area contributed by atoms with Crippen molar-refractivity contribution in [2.75, 3.05) is 7.11 Å². The van der Waals surface area contributed by atoms with Gasteiger partial charge in [0.15, 0.2) is 0 Å². The van der Waals surface area contributed by atoms with Crippen LogP contribution in [0.25, 0.3) is 0 Å². The van der Waals surface area contributed by atoms with Crippen LogP contribution in [0.2, 0.25) is 0 Å². The van der Waals surface area contributed by atoms with E-state index in [1.807, 2.05) is 37.3 Å². The molecule has 2 unspecified atom stereocenters. The molecule has 0 saturated heterocycles. The number of hydrogen-bond acceptors (Lipinski definition) is 4. The summed E-state index contributed by atoms with van der Waals surface area (Å²) in [5, 5.41) is 5.13. The second-order valence-electron chi connectivity index (χ2n) is 6.14. The topological polar surface area (TPSA) is 38.3 Å². The lowest BCUT2D eigenvalue weighted by Crippen LogP contribution is -2.34. The Labute approximate surface area is 152 Å². The van der Waals surface area contributed by atoms with E-state index in [-0.39, 0.29) is 17.2 Å². The third kappa shape index (κ3) is 5.56. The van der Waals surface area contributed by atoms with Crippen LogP contribution in [0.3, 0.4) is 0 Å². The molecule has 0 spiro atoms. The Kier molecular flexibility index (Phi) is 7.18. The predicted octanol–water partition coefficient (Wildman–Crippen LogP) is 5.14. The summed E-state index contributed by atoms with van der Waals surface area (Å²) in [4.78, 5) is 14.9. The fourth-order valence-corrected chi connectivity index (χ4v) is 4.08. The van der Waals surface area contributed by atoms with Crippen LogP contribution in [0, 0.1) is 5.92 Å². The third-order valence-electron chi connectivity index (χ3n) is 3.65. The molecule has 24 heavy (non-hydrogen) atoms. The Balaban J connectivity index is 1.97. The molecule has 0 aliphatic carbocycles. The van der Waals surface area contributed by atoms with E-state index in [0.29, 0.717) is 5.92 Å². The largest absolute Gasteiger partial charge is 0.497 e. The second kappa shape index (κ2) is 9.14. The maximum Gasteiger partial charge on any atom is 0.233 e. The number of rotatable bonds is 8. The van der Waals surface area contributed by atoms with Crippen molar-refractivity contribution in [3.63, 3.8) is 0 Å². The van der Waals surface area contributed by atoms with Crippen LogP contribution in [0.15, 0.2) is 46.7 Å². The van der Waals surface area contributed by atoms with Gasteiger partial charge in [-0.15, -0.1) is 23.1 Å². The van der Waals surface area contributed by atoms with Crippen LogP contribution in [0.1, 0.15) is 38.1 Å². The zero-order chi connectivity index (χ0) is 17.5. The highest BCUT2D eigenvalue weighted by Crippen LogP contribution is 2.28. The predicted molar refractivity (Wildman–Crippen MR) is 103 cm³/mol. The molecule has 0 fully saturated rings. The van der Waals surface area contributed by atoms with Gasteiger partial charge in [-0.05, 0) is 55.0 Å². The first kappa shape index (κ1) is 18.9. The molecule has 1 aromatic carbocycles. The van der Waals surface area contributed by atoms with E-state index in [9.17, 15) is 4.79 Å². The fourth-order valence-electron chi connectivity index (χ4n) is 2.41. The van der Waals surface area contributed by atoms with Crippen molar-refractivity contribution in [1.82, 2.24) is 5.32 Å². The molecule has 0 radical (unpaired) electrons. The number of nitrogens with one attached hydrogen (secondary N) is 1. The molecular weight excluding hydrogens is 338 g/mol. The number of carbonyl (C=O) groups is 1. The summed E-state index contributed by atoms with van der Waals surface area (Å²) in [7, 11) is 1.65. The van der Waals surface area contributed by atoms with E-state index in [1.54, 1.807) is 30.2 Å². The number of ether oxygens (including phenoxy) is 1. The van der Waals surface area contributed by atoms with Gasteiger partial charge in [0.25, 0.3) is 0 Å². The van der Waals surface area contributed by atoms with Gasteiger partial charge in [-0.2, -0.15) is 0 Å². The second-order valence-corrected chi connectivity index (χ2v) is 8.54. The van der Waals surface area contributed by atoms with E-state index in [4.69, 9.17) is 4.74 Å². The molecule has 2 atom stereocenters. The summed E-state index contributed by atoms with van der Waals surface area (Å²) in [6.45, 7) is 6.32. The molecule has 1 amide bonds. The van der Waals surface area contributed by atoms with E-state index in [2.05, 4.69) is 30.6 Å². The van der Waals surface area contributed by atoms with E-state index in [1.165, 1.54) is 4.88 Å². The molecule has 0 bridgehead atoms. The van der Waals surface area contributed by atoms with E-state index < -0.39 is 0 Å². The van der Waals surface area contributed by atoms with Crippen molar-refractivity contribution in [3.8, 4) is 5.75 Å². The highest BCUT2D eigenvalue weighted by Gasteiger charge is 2.21. The minimum Gasteiger partial charge on any atom is -0.497 e. The molecule has 0 aliphatic rings. The number of thioether (sulfide) groups is 1. The van der Waals surface area contributed by atoms with Gasteiger partial charge in [0, 0.05) is 9.77 Å². The summed E-state index contributed by atoms with van der Waals surface area (Å²) in [5.74, 6) is 1.43. The number of thiophene rings is 1. The van der Waals surface area contributed by atoms with Gasteiger partial charge in [-0.1, -0.05) is 19.9 Å². The molecule has 2 aromatic rings. The molecule has 3 nitrogen and oxygen atoms in total. The minimum absolute atomic E-state index is 0.0786. The molecule has 0 aliphatic heterocycles. The summed E-state index contributed by atoms with van der Waals surface area (Å²) >= 11 is 3.26. The number of amides is 1. The SMILES string of the molecule is COc1ccc(SC(C)C(=O)NC(CC(C)C)c2cccs2)cc1. The van der Waals surface area contributed by atoms with Crippen LogP contribution in [0.5, 0.6) is 5.75 Å². The highest BCUT2D eigenvalue weighted by molar-refractivity contribution is 8.00. The summed E-state index contributed by atoms with van der Waals surface area (Å²) < 4.78 is 5.17. The van der Waals surface area contributed by atoms with Gasteiger partial charge < -0.3 is 10.1 Å². The zero-order valence-corrected chi connectivity index (χ0v) is 16.2. The van der Waals surface area contributed by atoms with Crippen molar-refractivity contribution < 1.29 is 9.53 Å². The van der Waals surface area contributed by atoms with Crippen LogP contribution >= 0.6 is 23.1 Å². The Morgan fingerprint density at radius 1 is 1.21 bits per heavy atom. The maximum absolute atomic E-state index is 12.6. The molecule has 1 heterocycles. The first-order chi connectivity index (χ1) is 11.5. The lowest BCUT2D eigenvalue weighted by Gasteiger charge is -2.21. The van der Waals surface area contributed by atoms with Crippen molar-refractivity contribution in [2.45, 2.75) is 43.4 Å². The van der Waals surface area contributed by atoms with Gasteiger partial charge in [0.1, 0.15) is 5.75 Å². The van der Waals surface area contributed by atoms with Crippen molar-refractivity contribution in [1.29, 1.82) is 0 Å². The maximum atomic E-state index is 12.6. The first-order valence-corrected chi connectivity index (χ1v) is 9.90. The Hall–Kier alpha value is -1.46. The lowest BCUT2D eigenvalue weighted by molar-refractivity contribution is -0.121. The molecule has 0 saturated carbocycles. The summed E-state index contributed by atoms with van der Waals surface area (Å²) in [6, 6.07) is 12.0. The average molecular weight is 364 g/mol. The molecule has 5 heteroatoms. The quantitative estimate of drug-likeness (QED) is 0.660. The molecular formula is C19H25NO2S2. The van der Waals surface area contributed by atoms with Gasteiger partial charge >= 0.3 is 0 Å². The lowest BCUT2D eigenvalue weighted by atomic mass is 10.0. The molecule has 1 aromatic heterocycles. The Morgan fingerprint density at radius 2 is 1.92 bits per heavy atom. The normalized spacial score (nSPS) is 13.5. The molecule has 1 N–H and O–H groups in total. The van der Waals surface area contributed by atoms with Crippen molar-refractivity contribution in [2.24, 2.45) is 5.92 Å². The number of hydrogen-bond donors (Lipinski definition) is 1. The number of methoxy groups -OCH3 is 1. The van der Waals surface area contributed by atoms with Crippen LogP contribution in [-0.4, -0.2) is 18.3 Å². The van der Waals surface area contributed by atoms with Crippen LogP contribution < -0.4 is 10.1 Å². The van der Waals surface area contributed by atoms with Crippen molar-refractivity contribution >= 4 is 29.0 Å². The summed E-state index contributed by atoms with van der Waals surface area (Å²) in [5.41, 5.74) is 0. The van der Waals surface area contributed by atoms with E-state index >= 15 is 0 Å². The molecule has 2 rings (SSSR count). The highest BCUT2D eigenvalue weighted by atomic mass is 32.2. The zero-order valence-electron chi connectivity index (χ0n) is 14.6. The average Bonchev–Trinajstić information content (AvgIpc) is 3.09. The van der Waals surface area contributed by atoms with Gasteiger partial charge in [-0.25, -0.2) is 0 Å². The van der Waals surface area contributed by atoms with Gasteiger partial charge in [0.2, 0.25) is 5.91 Å². The van der Waals surface area contributed by atoms with Crippen molar-refractivity contribution in [3.05, 3.63) is 46.7 Å². The Morgan fingerprint density at radius 3 is 2.46 bits per heavy atom. The van der Waals surface area contributed by atoms with Crippen LogP contribution in [-0.2, 0) is 4.79 Å². The van der Waals surface area contributed by atoms with Crippen LogP contribution in [0.4, 0.5) is 0 Å². The minimum atomic E-state index is -0.145. The summed E-state index contributed by atoms with van der Waals surface area (Å²) in [6.07, 6.45) is 0.951. The first-order valence-electron chi connectivity index (χ1n) is 8.14.